The molecular weight excluding hydrogens is 264 g/mol. The van der Waals surface area contributed by atoms with E-state index in [4.69, 9.17) is 0 Å². The van der Waals surface area contributed by atoms with Crippen molar-refractivity contribution in [3.63, 3.8) is 0 Å². The van der Waals surface area contributed by atoms with Crippen LogP contribution in [-0.2, 0) is 16.1 Å². The number of benzene rings is 1. The monoisotopic (exact) mass is 286 g/mol. The summed E-state index contributed by atoms with van der Waals surface area (Å²) in [6, 6.07) is 8.20. The average Bonchev–Trinajstić information content (AvgIpc) is 2.51. The lowest BCUT2D eigenvalue weighted by Gasteiger charge is -2.48. The lowest BCUT2D eigenvalue weighted by Crippen LogP contribution is -2.67. The molecule has 21 heavy (non-hydrogen) atoms. The highest BCUT2D eigenvalue weighted by Crippen LogP contribution is 2.36. The molecule has 1 aliphatic heterocycles. The van der Waals surface area contributed by atoms with Crippen molar-refractivity contribution in [1.29, 1.82) is 0 Å². The van der Waals surface area contributed by atoms with Crippen molar-refractivity contribution in [2.75, 3.05) is 6.54 Å². The molecule has 1 aliphatic carbocycles. The zero-order chi connectivity index (χ0) is 14.9. The van der Waals surface area contributed by atoms with E-state index in [2.05, 4.69) is 17.4 Å². The second-order valence-corrected chi connectivity index (χ2v) is 6.24. The van der Waals surface area contributed by atoms with Gasteiger partial charge in [-0.15, -0.1) is 0 Å². The highest BCUT2D eigenvalue weighted by atomic mass is 16.2. The Morgan fingerprint density at radius 2 is 1.76 bits per heavy atom. The summed E-state index contributed by atoms with van der Waals surface area (Å²) in [6.45, 7) is 2.71. The maximum Gasteiger partial charge on any atom is 0.246 e. The number of hydrogen-bond acceptors (Lipinski definition) is 2. The second kappa shape index (κ2) is 5.51. The van der Waals surface area contributed by atoms with E-state index in [9.17, 15) is 9.59 Å². The van der Waals surface area contributed by atoms with Crippen LogP contribution in [0.15, 0.2) is 24.3 Å². The van der Waals surface area contributed by atoms with E-state index in [1.165, 1.54) is 5.56 Å². The summed E-state index contributed by atoms with van der Waals surface area (Å²) in [7, 11) is 0. The second-order valence-electron chi connectivity index (χ2n) is 6.24. The van der Waals surface area contributed by atoms with E-state index in [0.29, 0.717) is 6.54 Å². The van der Waals surface area contributed by atoms with E-state index in [0.717, 1.165) is 37.7 Å². The molecule has 0 aromatic heterocycles. The van der Waals surface area contributed by atoms with Crippen molar-refractivity contribution in [2.24, 2.45) is 0 Å². The van der Waals surface area contributed by atoms with Crippen LogP contribution in [0.25, 0.3) is 0 Å². The van der Waals surface area contributed by atoms with E-state index < -0.39 is 5.54 Å². The van der Waals surface area contributed by atoms with Crippen molar-refractivity contribution < 1.29 is 9.59 Å². The van der Waals surface area contributed by atoms with Gasteiger partial charge < -0.3 is 10.2 Å². The summed E-state index contributed by atoms with van der Waals surface area (Å²) < 4.78 is 0. The predicted molar refractivity (Wildman–Crippen MR) is 80.6 cm³/mol. The first kappa shape index (κ1) is 14.1. The maximum atomic E-state index is 12.5. The number of nitrogens with one attached hydrogen (secondary N) is 1. The molecule has 1 saturated carbocycles. The molecule has 0 bridgehead atoms. The van der Waals surface area contributed by atoms with E-state index in [1.807, 2.05) is 24.0 Å². The number of carbonyl (C=O) groups excluding carboxylic acids is 2. The van der Waals surface area contributed by atoms with Crippen molar-refractivity contribution in [2.45, 2.75) is 51.1 Å². The predicted octanol–water partition coefficient (Wildman–Crippen LogP) is 2.16. The van der Waals surface area contributed by atoms with Crippen LogP contribution < -0.4 is 5.32 Å². The van der Waals surface area contributed by atoms with Crippen LogP contribution >= 0.6 is 0 Å². The third-order valence-corrected chi connectivity index (χ3v) is 4.78. The van der Waals surface area contributed by atoms with Crippen LogP contribution in [0.4, 0.5) is 0 Å². The summed E-state index contributed by atoms with van der Waals surface area (Å²) in [4.78, 5) is 26.7. The van der Waals surface area contributed by atoms with Gasteiger partial charge in [0.15, 0.2) is 0 Å². The molecule has 1 N–H and O–H groups in total. The van der Waals surface area contributed by atoms with Crippen molar-refractivity contribution in [3.05, 3.63) is 35.4 Å². The number of amides is 2. The molecule has 2 fully saturated rings. The zero-order valence-corrected chi connectivity index (χ0v) is 12.5. The van der Waals surface area contributed by atoms with E-state index >= 15 is 0 Å². The smallest absolute Gasteiger partial charge is 0.246 e. The van der Waals surface area contributed by atoms with E-state index in [1.54, 1.807) is 0 Å². The lowest BCUT2D eigenvalue weighted by atomic mass is 9.78. The molecule has 4 heteroatoms. The minimum Gasteiger partial charge on any atom is -0.345 e. The lowest BCUT2D eigenvalue weighted by molar-refractivity contribution is -0.157. The third kappa shape index (κ3) is 2.55. The number of aryl methyl sites for hydroxylation is 1. The fourth-order valence-electron chi connectivity index (χ4n) is 3.53. The van der Waals surface area contributed by atoms with Gasteiger partial charge in [0.2, 0.25) is 11.8 Å². The standard InChI is InChI=1S/C17H22N2O2/c1-13-5-7-14(8-6-13)12-19-15(20)11-18-16(21)17(19)9-3-2-4-10-17/h5-8H,2-4,9-12H2,1H3,(H,18,21). The molecular formula is C17H22N2O2. The van der Waals surface area contributed by atoms with Gasteiger partial charge in [0, 0.05) is 6.54 Å². The summed E-state index contributed by atoms with van der Waals surface area (Å²) in [5.74, 6) is 0.0750. The Balaban J connectivity index is 1.89. The molecule has 0 radical (unpaired) electrons. The van der Waals surface area contributed by atoms with Gasteiger partial charge in [-0.2, -0.15) is 0 Å². The van der Waals surface area contributed by atoms with Gasteiger partial charge in [-0.05, 0) is 25.3 Å². The first-order chi connectivity index (χ1) is 10.1. The van der Waals surface area contributed by atoms with Crippen molar-refractivity contribution >= 4 is 11.8 Å². The largest absolute Gasteiger partial charge is 0.345 e. The van der Waals surface area contributed by atoms with Gasteiger partial charge in [0.25, 0.3) is 0 Å². The number of nitrogens with zero attached hydrogens (tertiary/aromatic N) is 1. The normalized spacial score (nSPS) is 21.5. The molecule has 1 heterocycles. The topological polar surface area (TPSA) is 49.4 Å². The summed E-state index contributed by atoms with van der Waals surface area (Å²) in [6.07, 6.45) is 4.77. The first-order valence-electron chi connectivity index (χ1n) is 7.76. The molecule has 4 nitrogen and oxygen atoms in total. The minimum absolute atomic E-state index is 0.0360. The summed E-state index contributed by atoms with van der Waals surface area (Å²) >= 11 is 0. The Morgan fingerprint density at radius 3 is 2.43 bits per heavy atom. The number of piperazine rings is 1. The molecule has 3 rings (SSSR count). The summed E-state index contributed by atoms with van der Waals surface area (Å²) in [5, 5.41) is 2.79. The fourth-order valence-corrected chi connectivity index (χ4v) is 3.53. The van der Waals surface area contributed by atoms with Crippen LogP contribution in [0, 0.1) is 6.92 Å². The molecule has 1 spiro atoms. The highest BCUT2D eigenvalue weighted by Gasteiger charge is 2.49. The zero-order valence-electron chi connectivity index (χ0n) is 12.5. The van der Waals surface area contributed by atoms with Crippen LogP contribution in [0.5, 0.6) is 0 Å². The van der Waals surface area contributed by atoms with Gasteiger partial charge in [-0.25, -0.2) is 0 Å². The number of hydrogen-bond donors (Lipinski definition) is 1. The molecule has 0 atom stereocenters. The Kier molecular flexibility index (Phi) is 3.70. The molecule has 0 unspecified atom stereocenters. The van der Waals surface area contributed by atoms with Gasteiger partial charge in [-0.1, -0.05) is 49.1 Å². The van der Waals surface area contributed by atoms with Crippen LogP contribution in [0.1, 0.15) is 43.2 Å². The molecule has 1 saturated heterocycles. The molecule has 1 aromatic carbocycles. The number of carbonyl (C=O) groups is 2. The van der Waals surface area contributed by atoms with Crippen molar-refractivity contribution in [3.8, 4) is 0 Å². The van der Waals surface area contributed by atoms with Gasteiger partial charge in [0.05, 0.1) is 6.54 Å². The van der Waals surface area contributed by atoms with Gasteiger partial charge in [0.1, 0.15) is 5.54 Å². The fraction of sp³-hybridized carbons (Fsp3) is 0.529. The Morgan fingerprint density at radius 1 is 1.10 bits per heavy atom. The maximum absolute atomic E-state index is 12.5. The minimum atomic E-state index is -0.613. The Labute approximate surface area is 125 Å². The Bertz CT molecular complexity index is 544. The first-order valence-corrected chi connectivity index (χ1v) is 7.76. The highest BCUT2D eigenvalue weighted by molar-refractivity contribution is 5.98. The van der Waals surface area contributed by atoms with Crippen molar-refractivity contribution in [1.82, 2.24) is 10.2 Å². The average molecular weight is 286 g/mol. The molecule has 112 valence electrons. The van der Waals surface area contributed by atoms with Gasteiger partial charge >= 0.3 is 0 Å². The molecule has 2 amide bonds. The van der Waals surface area contributed by atoms with E-state index in [-0.39, 0.29) is 18.4 Å². The molecule has 2 aliphatic rings. The van der Waals surface area contributed by atoms with Crippen LogP contribution in [-0.4, -0.2) is 28.8 Å². The number of rotatable bonds is 2. The SMILES string of the molecule is Cc1ccc(CN2C(=O)CNC(=O)C23CCCCC3)cc1. The molecule has 1 aromatic rings. The Hall–Kier alpha value is -1.84. The van der Waals surface area contributed by atoms with Crippen LogP contribution in [0.2, 0.25) is 0 Å². The quantitative estimate of drug-likeness (QED) is 0.905. The van der Waals surface area contributed by atoms with Gasteiger partial charge in [-0.3, -0.25) is 9.59 Å². The third-order valence-electron chi connectivity index (χ3n) is 4.78. The van der Waals surface area contributed by atoms with Crippen LogP contribution in [0.3, 0.4) is 0 Å². The summed E-state index contributed by atoms with van der Waals surface area (Å²) in [5.41, 5.74) is 1.68.